The predicted molar refractivity (Wildman–Crippen MR) is 63.1 cm³/mol. The van der Waals surface area contributed by atoms with Crippen LogP contribution in [0, 0.1) is 0 Å². The largest absolute Gasteiger partial charge is 0.387 e. The second kappa shape index (κ2) is 5.94. The fraction of sp³-hybridized carbons (Fsp3) is 0.583. The van der Waals surface area contributed by atoms with Crippen molar-refractivity contribution in [2.24, 2.45) is 0 Å². The molecule has 88 valence electrons. The highest BCUT2D eigenvalue weighted by molar-refractivity contribution is 5.06. The molecule has 0 aromatic carbocycles. The summed E-state index contributed by atoms with van der Waals surface area (Å²) in [6.45, 7) is 5.21. The molecule has 1 aliphatic rings. The number of nitrogens with one attached hydrogen (secondary N) is 1. The smallest absolute Gasteiger partial charge is 0.0971 e. The predicted octanol–water partition coefficient (Wildman–Crippen LogP) is 0.410. The molecule has 2 N–H and O–H groups in total. The van der Waals surface area contributed by atoms with Crippen molar-refractivity contribution in [3.05, 3.63) is 30.1 Å². The zero-order valence-electron chi connectivity index (χ0n) is 9.47. The van der Waals surface area contributed by atoms with Gasteiger partial charge in [0.1, 0.15) is 0 Å². The van der Waals surface area contributed by atoms with Crippen molar-refractivity contribution in [3.63, 3.8) is 0 Å². The number of piperazine rings is 1. The first kappa shape index (κ1) is 11.5. The number of aromatic nitrogens is 1. The molecule has 4 heteroatoms. The van der Waals surface area contributed by atoms with Gasteiger partial charge in [-0.25, -0.2) is 0 Å². The minimum Gasteiger partial charge on any atom is -0.387 e. The van der Waals surface area contributed by atoms with Crippen molar-refractivity contribution in [1.82, 2.24) is 15.2 Å². The van der Waals surface area contributed by atoms with Crippen molar-refractivity contribution < 1.29 is 5.11 Å². The van der Waals surface area contributed by atoms with Crippen LogP contribution in [-0.2, 0) is 0 Å². The van der Waals surface area contributed by atoms with E-state index in [1.165, 1.54) is 0 Å². The van der Waals surface area contributed by atoms with Gasteiger partial charge in [0.25, 0.3) is 0 Å². The normalized spacial score (nSPS) is 19.6. The van der Waals surface area contributed by atoms with Gasteiger partial charge < -0.3 is 15.3 Å². The molecule has 0 bridgehead atoms. The topological polar surface area (TPSA) is 48.4 Å². The quantitative estimate of drug-likeness (QED) is 0.773. The standard InChI is InChI=1S/C12H19N3O/c16-12(11-3-1-2-5-14-11)4-8-15-9-6-13-7-10-15/h1-3,5,12-13,16H,4,6-10H2. The van der Waals surface area contributed by atoms with E-state index in [4.69, 9.17) is 0 Å². The molecule has 2 heterocycles. The van der Waals surface area contributed by atoms with Gasteiger partial charge in [0.15, 0.2) is 0 Å². The Morgan fingerprint density at radius 3 is 2.88 bits per heavy atom. The highest BCUT2D eigenvalue weighted by atomic mass is 16.3. The van der Waals surface area contributed by atoms with Crippen LogP contribution in [0.25, 0.3) is 0 Å². The summed E-state index contributed by atoms with van der Waals surface area (Å²) in [6.07, 6.45) is 2.05. The number of hydrogen-bond donors (Lipinski definition) is 2. The van der Waals surface area contributed by atoms with E-state index < -0.39 is 6.10 Å². The molecule has 0 saturated carbocycles. The Bertz CT molecular complexity index is 298. The van der Waals surface area contributed by atoms with Gasteiger partial charge in [0.2, 0.25) is 0 Å². The van der Waals surface area contributed by atoms with Gasteiger partial charge in [-0.2, -0.15) is 0 Å². The summed E-state index contributed by atoms with van der Waals surface area (Å²) in [4.78, 5) is 6.54. The number of aliphatic hydroxyl groups is 1. The van der Waals surface area contributed by atoms with Crippen molar-refractivity contribution in [1.29, 1.82) is 0 Å². The molecule has 0 spiro atoms. The second-order valence-electron chi connectivity index (χ2n) is 4.15. The molecule has 1 atom stereocenters. The van der Waals surface area contributed by atoms with Crippen molar-refractivity contribution in [2.45, 2.75) is 12.5 Å². The Labute approximate surface area is 96.3 Å². The molecule has 4 nitrogen and oxygen atoms in total. The molecular weight excluding hydrogens is 202 g/mol. The maximum Gasteiger partial charge on any atom is 0.0971 e. The summed E-state index contributed by atoms with van der Waals surface area (Å²) < 4.78 is 0. The summed E-state index contributed by atoms with van der Waals surface area (Å²) in [5.74, 6) is 0. The molecule has 1 fully saturated rings. The Balaban J connectivity index is 1.77. The fourth-order valence-electron chi connectivity index (χ4n) is 1.96. The van der Waals surface area contributed by atoms with Gasteiger partial charge in [-0.3, -0.25) is 4.98 Å². The van der Waals surface area contributed by atoms with Gasteiger partial charge in [0.05, 0.1) is 11.8 Å². The lowest BCUT2D eigenvalue weighted by atomic mass is 10.1. The number of aliphatic hydroxyl groups excluding tert-OH is 1. The summed E-state index contributed by atoms with van der Waals surface area (Å²) in [5, 5.41) is 13.3. The molecule has 1 aromatic heterocycles. The van der Waals surface area contributed by atoms with Crippen LogP contribution in [-0.4, -0.2) is 47.7 Å². The Morgan fingerprint density at radius 1 is 1.38 bits per heavy atom. The van der Waals surface area contributed by atoms with E-state index in [-0.39, 0.29) is 0 Å². The lowest BCUT2D eigenvalue weighted by Gasteiger charge is -2.27. The van der Waals surface area contributed by atoms with Crippen LogP contribution in [0.2, 0.25) is 0 Å². The van der Waals surface area contributed by atoms with E-state index in [1.807, 2.05) is 18.2 Å². The lowest BCUT2D eigenvalue weighted by Crippen LogP contribution is -2.44. The maximum atomic E-state index is 9.95. The minimum absolute atomic E-state index is 0.434. The summed E-state index contributed by atoms with van der Waals surface area (Å²) in [5.41, 5.74) is 0.776. The Hall–Kier alpha value is -0.970. The van der Waals surface area contributed by atoms with Crippen LogP contribution in [0.5, 0.6) is 0 Å². The number of rotatable bonds is 4. The van der Waals surface area contributed by atoms with E-state index in [0.717, 1.165) is 44.8 Å². The van der Waals surface area contributed by atoms with Crippen LogP contribution in [0.3, 0.4) is 0 Å². The monoisotopic (exact) mass is 221 g/mol. The highest BCUT2D eigenvalue weighted by Crippen LogP contribution is 2.13. The third-order valence-corrected chi connectivity index (χ3v) is 2.96. The van der Waals surface area contributed by atoms with Gasteiger partial charge >= 0.3 is 0 Å². The average molecular weight is 221 g/mol. The number of hydrogen-bond acceptors (Lipinski definition) is 4. The van der Waals surface area contributed by atoms with Crippen molar-refractivity contribution in [3.8, 4) is 0 Å². The maximum absolute atomic E-state index is 9.95. The van der Waals surface area contributed by atoms with E-state index >= 15 is 0 Å². The molecule has 16 heavy (non-hydrogen) atoms. The zero-order chi connectivity index (χ0) is 11.2. The van der Waals surface area contributed by atoms with Crippen LogP contribution in [0.1, 0.15) is 18.2 Å². The van der Waals surface area contributed by atoms with Gasteiger partial charge in [-0.1, -0.05) is 6.07 Å². The first-order chi connectivity index (χ1) is 7.86. The zero-order valence-corrected chi connectivity index (χ0v) is 9.47. The number of pyridine rings is 1. The molecule has 1 unspecified atom stereocenters. The van der Waals surface area contributed by atoms with Crippen LogP contribution in [0.15, 0.2) is 24.4 Å². The van der Waals surface area contributed by atoms with Crippen molar-refractivity contribution >= 4 is 0 Å². The number of nitrogens with zero attached hydrogens (tertiary/aromatic N) is 2. The van der Waals surface area contributed by atoms with Gasteiger partial charge in [-0.15, -0.1) is 0 Å². The molecule has 0 amide bonds. The summed E-state index contributed by atoms with van der Waals surface area (Å²) in [6, 6.07) is 5.66. The molecule has 0 radical (unpaired) electrons. The fourth-order valence-corrected chi connectivity index (χ4v) is 1.96. The Morgan fingerprint density at radius 2 is 2.19 bits per heavy atom. The molecule has 1 aliphatic heterocycles. The van der Waals surface area contributed by atoms with Crippen molar-refractivity contribution in [2.75, 3.05) is 32.7 Å². The molecular formula is C12H19N3O. The summed E-state index contributed by atoms with van der Waals surface area (Å²) in [7, 11) is 0. The van der Waals surface area contributed by atoms with Gasteiger partial charge in [-0.05, 0) is 18.6 Å². The van der Waals surface area contributed by atoms with Crippen LogP contribution < -0.4 is 5.32 Å². The molecule has 1 aromatic rings. The first-order valence-corrected chi connectivity index (χ1v) is 5.88. The molecule has 0 aliphatic carbocycles. The first-order valence-electron chi connectivity index (χ1n) is 5.88. The lowest BCUT2D eigenvalue weighted by molar-refractivity contribution is 0.133. The van der Waals surface area contributed by atoms with E-state index in [2.05, 4.69) is 15.2 Å². The minimum atomic E-state index is -0.434. The Kier molecular flexibility index (Phi) is 4.27. The SMILES string of the molecule is OC(CCN1CCNCC1)c1ccccn1. The molecule has 2 rings (SSSR count). The van der Waals surface area contributed by atoms with E-state index in [9.17, 15) is 5.11 Å². The average Bonchev–Trinajstić information content (AvgIpc) is 2.38. The highest BCUT2D eigenvalue weighted by Gasteiger charge is 2.13. The molecule has 1 saturated heterocycles. The van der Waals surface area contributed by atoms with E-state index in [0.29, 0.717) is 0 Å². The third kappa shape index (κ3) is 3.27. The van der Waals surface area contributed by atoms with Gasteiger partial charge in [0, 0.05) is 38.9 Å². The third-order valence-electron chi connectivity index (χ3n) is 2.96. The summed E-state index contributed by atoms with van der Waals surface area (Å²) >= 11 is 0. The second-order valence-corrected chi connectivity index (χ2v) is 4.15. The van der Waals surface area contributed by atoms with Crippen LogP contribution in [0.4, 0.5) is 0 Å². The van der Waals surface area contributed by atoms with Crippen LogP contribution >= 0.6 is 0 Å². The van der Waals surface area contributed by atoms with E-state index in [1.54, 1.807) is 6.20 Å².